The average Bonchev–Trinajstić information content (AvgIpc) is 2.72. The molecule has 0 spiro atoms. The number of nitrogens with zero attached hydrogens (tertiary/aromatic N) is 2. The number of benzene rings is 1. The highest BCUT2D eigenvalue weighted by Crippen LogP contribution is 2.39. The minimum absolute atomic E-state index is 0.368. The van der Waals surface area contributed by atoms with Crippen LogP contribution in [0.4, 0.5) is 0 Å². The van der Waals surface area contributed by atoms with Gasteiger partial charge in [0, 0.05) is 5.56 Å². The topological polar surface area (TPSA) is 25.8 Å². The summed E-state index contributed by atoms with van der Waals surface area (Å²) < 4.78 is 1.96. The third-order valence-corrected chi connectivity index (χ3v) is 5.78. The fourth-order valence-electron chi connectivity index (χ4n) is 1.90. The van der Waals surface area contributed by atoms with Crippen molar-refractivity contribution in [2.24, 2.45) is 0 Å². The molecule has 0 saturated carbocycles. The molecule has 102 valence electrons. The molecule has 0 unspecified atom stereocenters. The number of hydrogen-bond acceptors (Lipinski definition) is 3. The van der Waals surface area contributed by atoms with Crippen LogP contribution in [0.25, 0.3) is 22.3 Å². The van der Waals surface area contributed by atoms with Gasteiger partial charge in [0.2, 0.25) is 0 Å². The van der Waals surface area contributed by atoms with Gasteiger partial charge in [0.1, 0.15) is 5.15 Å². The van der Waals surface area contributed by atoms with Gasteiger partial charge in [-0.1, -0.05) is 29.3 Å². The summed E-state index contributed by atoms with van der Waals surface area (Å²) in [5.41, 5.74) is 2.70. The van der Waals surface area contributed by atoms with E-state index in [4.69, 9.17) is 23.2 Å². The molecular weight excluding hydrogens is 447 g/mol. The van der Waals surface area contributed by atoms with Crippen molar-refractivity contribution in [3.63, 3.8) is 0 Å². The van der Waals surface area contributed by atoms with Crippen LogP contribution in [0, 0.1) is 6.92 Å². The molecular formula is C13H6Br2Cl2N2S. The van der Waals surface area contributed by atoms with Crippen molar-refractivity contribution in [2.45, 2.75) is 6.92 Å². The fraction of sp³-hybridized carbons (Fsp3) is 0.0769. The van der Waals surface area contributed by atoms with Gasteiger partial charge < -0.3 is 0 Å². The minimum Gasteiger partial charge on any atom is -0.227 e. The lowest BCUT2D eigenvalue weighted by atomic mass is 10.1. The molecule has 1 aromatic carbocycles. The van der Waals surface area contributed by atoms with E-state index >= 15 is 0 Å². The third kappa shape index (κ3) is 2.50. The lowest BCUT2D eigenvalue weighted by molar-refractivity contribution is 1.22. The van der Waals surface area contributed by atoms with Crippen LogP contribution in [0.2, 0.25) is 10.2 Å². The van der Waals surface area contributed by atoms with Crippen LogP contribution in [0.1, 0.15) is 5.56 Å². The zero-order valence-electron chi connectivity index (χ0n) is 10.0. The summed E-state index contributed by atoms with van der Waals surface area (Å²) in [6, 6.07) is 5.70. The van der Waals surface area contributed by atoms with E-state index in [0.29, 0.717) is 21.4 Å². The van der Waals surface area contributed by atoms with Crippen LogP contribution in [0.5, 0.6) is 0 Å². The van der Waals surface area contributed by atoms with Crippen molar-refractivity contribution in [3.8, 4) is 11.4 Å². The van der Waals surface area contributed by atoms with Crippen molar-refractivity contribution in [1.29, 1.82) is 0 Å². The SMILES string of the molecule is Cc1ccc(Cl)c2c(Cl)nc(-c3cc(Br)sc3Br)nc12. The van der Waals surface area contributed by atoms with Gasteiger partial charge in [0.25, 0.3) is 0 Å². The summed E-state index contributed by atoms with van der Waals surface area (Å²) >= 11 is 21.0. The smallest absolute Gasteiger partial charge is 0.163 e. The monoisotopic (exact) mass is 450 g/mol. The van der Waals surface area contributed by atoms with Gasteiger partial charge in [0.05, 0.1) is 23.5 Å². The van der Waals surface area contributed by atoms with Gasteiger partial charge in [-0.05, 0) is 56.5 Å². The summed E-state index contributed by atoms with van der Waals surface area (Å²) in [6.45, 7) is 1.98. The second-order valence-corrected chi connectivity index (χ2v) is 8.68. The zero-order valence-corrected chi connectivity index (χ0v) is 15.5. The molecule has 0 amide bonds. The van der Waals surface area contributed by atoms with Gasteiger partial charge >= 0.3 is 0 Å². The van der Waals surface area contributed by atoms with Crippen molar-refractivity contribution in [1.82, 2.24) is 9.97 Å². The third-order valence-electron chi connectivity index (χ3n) is 2.85. The average molecular weight is 453 g/mol. The van der Waals surface area contributed by atoms with Crippen molar-refractivity contribution in [2.75, 3.05) is 0 Å². The van der Waals surface area contributed by atoms with Gasteiger partial charge in [-0.15, -0.1) is 11.3 Å². The maximum absolute atomic E-state index is 6.29. The molecule has 7 heteroatoms. The second-order valence-electron chi connectivity index (χ2n) is 4.16. The summed E-state index contributed by atoms with van der Waals surface area (Å²) in [5.74, 6) is 0.585. The molecule has 0 atom stereocenters. The lowest BCUT2D eigenvalue weighted by Crippen LogP contribution is -1.94. The molecule has 0 N–H and O–H groups in total. The van der Waals surface area contributed by atoms with E-state index in [0.717, 1.165) is 24.2 Å². The van der Waals surface area contributed by atoms with Crippen LogP contribution in [0.3, 0.4) is 0 Å². The summed E-state index contributed by atoms with van der Waals surface area (Å²) in [5, 5.41) is 1.63. The maximum atomic E-state index is 6.29. The Bertz CT molecular complexity index is 833. The molecule has 0 saturated heterocycles. The highest BCUT2D eigenvalue weighted by molar-refractivity contribution is 9.12. The largest absolute Gasteiger partial charge is 0.227 e. The van der Waals surface area contributed by atoms with Crippen LogP contribution in [-0.2, 0) is 0 Å². The predicted octanol–water partition coefficient (Wildman–Crippen LogP) is 6.50. The molecule has 0 aliphatic carbocycles. The van der Waals surface area contributed by atoms with Gasteiger partial charge in [0.15, 0.2) is 5.82 Å². The van der Waals surface area contributed by atoms with Crippen molar-refractivity contribution >= 4 is 77.3 Å². The molecule has 2 nitrogen and oxygen atoms in total. The van der Waals surface area contributed by atoms with Gasteiger partial charge in [-0.2, -0.15) is 0 Å². The highest BCUT2D eigenvalue weighted by atomic mass is 79.9. The Morgan fingerprint density at radius 1 is 1.15 bits per heavy atom. The second kappa shape index (κ2) is 5.54. The number of rotatable bonds is 1. The first-order chi connectivity index (χ1) is 9.47. The van der Waals surface area contributed by atoms with Crippen LogP contribution in [0.15, 0.2) is 25.8 Å². The van der Waals surface area contributed by atoms with E-state index in [-0.39, 0.29) is 0 Å². The van der Waals surface area contributed by atoms with Crippen LogP contribution >= 0.6 is 66.4 Å². The van der Waals surface area contributed by atoms with E-state index in [1.807, 2.05) is 25.1 Å². The van der Waals surface area contributed by atoms with Crippen molar-refractivity contribution < 1.29 is 0 Å². The van der Waals surface area contributed by atoms with Gasteiger partial charge in [-0.25, -0.2) is 9.97 Å². The number of fused-ring (bicyclic) bond motifs is 1. The molecule has 2 heterocycles. The molecule has 3 aromatic rings. The predicted molar refractivity (Wildman–Crippen MR) is 93.0 cm³/mol. The number of aryl methyl sites for hydroxylation is 1. The van der Waals surface area contributed by atoms with Crippen LogP contribution < -0.4 is 0 Å². The first kappa shape index (κ1) is 14.7. The Morgan fingerprint density at radius 2 is 1.90 bits per heavy atom. The van der Waals surface area contributed by atoms with E-state index < -0.39 is 0 Å². The van der Waals surface area contributed by atoms with Crippen molar-refractivity contribution in [3.05, 3.63) is 41.5 Å². The molecule has 0 fully saturated rings. The quantitative estimate of drug-likeness (QED) is 0.394. The van der Waals surface area contributed by atoms with E-state index in [2.05, 4.69) is 41.8 Å². The van der Waals surface area contributed by atoms with E-state index in [9.17, 15) is 0 Å². The Balaban J connectivity index is 2.35. The van der Waals surface area contributed by atoms with Gasteiger partial charge in [-0.3, -0.25) is 0 Å². The Kier molecular flexibility index (Phi) is 4.08. The number of hydrogen-bond donors (Lipinski definition) is 0. The fourth-order valence-corrected chi connectivity index (χ4v) is 5.25. The normalized spacial score (nSPS) is 11.2. The molecule has 0 radical (unpaired) electrons. The maximum Gasteiger partial charge on any atom is 0.163 e. The van der Waals surface area contributed by atoms with E-state index in [1.165, 1.54) is 0 Å². The number of halogens is 4. The lowest BCUT2D eigenvalue weighted by Gasteiger charge is -2.07. The highest BCUT2D eigenvalue weighted by Gasteiger charge is 2.16. The first-order valence-electron chi connectivity index (χ1n) is 5.55. The molecule has 0 aliphatic rings. The standard InChI is InChI=1S/C13H6Br2Cl2N2S/c1-5-2-3-7(16)9-10(5)18-13(19-12(9)17)6-4-8(14)20-11(6)15/h2-4H,1H3. The zero-order chi connectivity index (χ0) is 14.4. The number of thiophene rings is 1. The first-order valence-corrected chi connectivity index (χ1v) is 8.71. The molecule has 20 heavy (non-hydrogen) atoms. The Labute approximate surface area is 146 Å². The molecule has 3 rings (SSSR count). The molecule has 0 bridgehead atoms. The summed E-state index contributed by atoms with van der Waals surface area (Å²) in [4.78, 5) is 8.99. The molecule has 0 aliphatic heterocycles. The Hall–Kier alpha value is -0.200. The minimum atomic E-state index is 0.368. The summed E-state index contributed by atoms with van der Waals surface area (Å²) in [7, 11) is 0. The molecule has 2 aromatic heterocycles. The van der Waals surface area contributed by atoms with Crippen LogP contribution in [-0.4, -0.2) is 9.97 Å². The summed E-state index contributed by atoms with van der Waals surface area (Å²) in [6.07, 6.45) is 0. The number of aromatic nitrogens is 2. The Morgan fingerprint density at radius 3 is 2.55 bits per heavy atom. The van der Waals surface area contributed by atoms with E-state index in [1.54, 1.807) is 11.3 Å².